The molecule has 4 atom stereocenters. The van der Waals surface area contributed by atoms with E-state index in [9.17, 15) is 9.59 Å². The lowest BCUT2D eigenvalue weighted by atomic mass is 9.85. The second kappa shape index (κ2) is 8.61. The summed E-state index contributed by atoms with van der Waals surface area (Å²) >= 11 is 0. The zero-order valence-corrected chi connectivity index (χ0v) is 18.0. The van der Waals surface area contributed by atoms with Gasteiger partial charge in [-0.25, -0.2) is 4.99 Å². The summed E-state index contributed by atoms with van der Waals surface area (Å²) < 4.78 is 5.43. The normalized spacial score (nSPS) is 26.2. The van der Waals surface area contributed by atoms with E-state index in [0.717, 1.165) is 17.7 Å². The number of carbonyl (C=O) groups is 2. The van der Waals surface area contributed by atoms with Crippen molar-refractivity contribution in [2.24, 2.45) is 28.7 Å². The maximum Gasteiger partial charge on any atom is 0.233 e. The van der Waals surface area contributed by atoms with E-state index in [1.807, 2.05) is 43.3 Å². The van der Waals surface area contributed by atoms with Crippen LogP contribution in [0, 0.1) is 23.7 Å². The number of guanidine groups is 1. The largest absolute Gasteiger partial charge is 0.357 e. The molecule has 2 N–H and O–H groups in total. The third-order valence-electron chi connectivity index (χ3n) is 6.55. The van der Waals surface area contributed by atoms with E-state index in [-0.39, 0.29) is 35.5 Å². The number of nitrogens with one attached hydrogen (secondary N) is 2. The highest BCUT2D eigenvalue weighted by Crippen LogP contribution is 2.52. The summed E-state index contributed by atoms with van der Waals surface area (Å²) in [5.41, 5.74) is 1.69. The van der Waals surface area contributed by atoms with Crippen molar-refractivity contribution in [3.8, 4) is 11.3 Å². The van der Waals surface area contributed by atoms with Gasteiger partial charge in [0.2, 0.25) is 11.8 Å². The summed E-state index contributed by atoms with van der Waals surface area (Å²) in [7, 11) is 0. The molecule has 8 heteroatoms. The number of likely N-dealkylation sites (tertiary alicyclic amines) is 1. The van der Waals surface area contributed by atoms with Crippen molar-refractivity contribution in [2.75, 3.05) is 19.6 Å². The van der Waals surface area contributed by atoms with E-state index in [1.54, 1.807) is 0 Å². The zero-order chi connectivity index (χ0) is 22.1. The van der Waals surface area contributed by atoms with Gasteiger partial charge in [0.1, 0.15) is 5.69 Å². The van der Waals surface area contributed by atoms with Crippen molar-refractivity contribution in [1.82, 2.24) is 20.7 Å². The van der Waals surface area contributed by atoms with E-state index in [0.29, 0.717) is 37.9 Å². The quantitative estimate of drug-likeness (QED) is 0.301. The minimum absolute atomic E-state index is 0.0170. The van der Waals surface area contributed by atoms with Crippen LogP contribution in [0.4, 0.5) is 0 Å². The fraction of sp³-hybridized carbons (Fsp3) is 0.417. The van der Waals surface area contributed by atoms with Crippen LogP contribution in [0.3, 0.4) is 0 Å². The van der Waals surface area contributed by atoms with Gasteiger partial charge in [-0.15, -0.1) is 0 Å². The van der Waals surface area contributed by atoms with Gasteiger partial charge in [0.25, 0.3) is 0 Å². The van der Waals surface area contributed by atoms with Crippen molar-refractivity contribution < 1.29 is 14.1 Å². The van der Waals surface area contributed by atoms with Gasteiger partial charge in [-0.05, 0) is 25.2 Å². The fourth-order valence-electron chi connectivity index (χ4n) is 5.10. The Hall–Kier alpha value is -3.42. The van der Waals surface area contributed by atoms with Gasteiger partial charge in [0.15, 0.2) is 11.7 Å². The Morgan fingerprint density at radius 3 is 2.53 bits per heavy atom. The Labute approximate surface area is 186 Å². The topological polar surface area (TPSA) is 99.8 Å². The average molecular weight is 434 g/mol. The number of hydrogen-bond acceptors (Lipinski definition) is 5. The van der Waals surface area contributed by atoms with Crippen molar-refractivity contribution in [2.45, 2.75) is 19.9 Å². The van der Waals surface area contributed by atoms with E-state index >= 15 is 0 Å². The van der Waals surface area contributed by atoms with Crippen LogP contribution in [0.2, 0.25) is 0 Å². The molecule has 2 bridgehead atoms. The average Bonchev–Trinajstić information content (AvgIpc) is 3.59. The number of carbonyl (C=O) groups excluding carboxylic acids is 2. The number of imide groups is 1. The molecule has 4 unspecified atom stereocenters. The van der Waals surface area contributed by atoms with Crippen LogP contribution in [-0.4, -0.2) is 47.5 Å². The highest BCUT2D eigenvalue weighted by molar-refractivity contribution is 6.06. The molecule has 2 amide bonds. The van der Waals surface area contributed by atoms with Crippen LogP contribution in [0.15, 0.2) is 58.1 Å². The molecule has 5 rings (SSSR count). The Bertz CT molecular complexity index is 1030. The summed E-state index contributed by atoms with van der Waals surface area (Å²) in [6.45, 7) is 3.82. The van der Waals surface area contributed by atoms with Gasteiger partial charge in [0.05, 0.1) is 18.4 Å². The molecule has 2 aromatic rings. The monoisotopic (exact) mass is 433 g/mol. The molecule has 0 spiro atoms. The van der Waals surface area contributed by atoms with Gasteiger partial charge in [0, 0.05) is 31.3 Å². The molecule has 166 valence electrons. The molecule has 1 aliphatic heterocycles. The first-order chi connectivity index (χ1) is 15.7. The number of nitrogens with zero attached hydrogens (tertiary/aromatic N) is 3. The van der Waals surface area contributed by atoms with E-state index in [2.05, 4.69) is 32.9 Å². The van der Waals surface area contributed by atoms with Crippen LogP contribution in [0.5, 0.6) is 0 Å². The second-order valence-corrected chi connectivity index (χ2v) is 8.50. The number of aromatic nitrogens is 1. The van der Waals surface area contributed by atoms with E-state index in [1.165, 1.54) is 4.90 Å². The molecule has 32 heavy (non-hydrogen) atoms. The SMILES string of the molecule is CCNC(=NCc1cc(-c2ccccc2)on1)NCCN1C(=O)C2C3C=CC(C3)C2C1=O. The smallest absolute Gasteiger partial charge is 0.233 e. The molecule has 1 aromatic heterocycles. The number of allylic oxidation sites excluding steroid dienone is 2. The number of aliphatic imine (C=N–C) groups is 1. The highest BCUT2D eigenvalue weighted by atomic mass is 16.5. The van der Waals surface area contributed by atoms with Crippen LogP contribution in [-0.2, 0) is 16.1 Å². The molecule has 1 aromatic carbocycles. The molecule has 2 heterocycles. The van der Waals surface area contributed by atoms with Gasteiger partial charge in [-0.3, -0.25) is 14.5 Å². The summed E-state index contributed by atoms with van der Waals surface area (Å²) in [5, 5.41) is 10.5. The van der Waals surface area contributed by atoms with E-state index < -0.39 is 0 Å². The van der Waals surface area contributed by atoms with Crippen molar-refractivity contribution in [3.05, 3.63) is 54.2 Å². The summed E-state index contributed by atoms with van der Waals surface area (Å²) in [6, 6.07) is 11.7. The first-order valence-corrected chi connectivity index (χ1v) is 11.2. The molecular weight excluding hydrogens is 406 g/mol. The number of rotatable bonds is 7. The van der Waals surface area contributed by atoms with Crippen molar-refractivity contribution >= 4 is 17.8 Å². The maximum absolute atomic E-state index is 12.8. The van der Waals surface area contributed by atoms with Gasteiger partial charge < -0.3 is 15.2 Å². The highest BCUT2D eigenvalue weighted by Gasteiger charge is 2.58. The third-order valence-corrected chi connectivity index (χ3v) is 6.55. The Morgan fingerprint density at radius 1 is 1.12 bits per heavy atom. The van der Waals surface area contributed by atoms with Crippen molar-refractivity contribution in [3.63, 3.8) is 0 Å². The van der Waals surface area contributed by atoms with Gasteiger partial charge in [-0.2, -0.15) is 0 Å². The lowest BCUT2D eigenvalue weighted by Crippen LogP contribution is -2.43. The molecule has 1 saturated carbocycles. The summed E-state index contributed by atoms with van der Waals surface area (Å²) in [4.78, 5) is 31.6. The van der Waals surface area contributed by atoms with Crippen LogP contribution in [0.1, 0.15) is 19.0 Å². The molecule has 2 fully saturated rings. The lowest BCUT2D eigenvalue weighted by molar-refractivity contribution is -0.140. The van der Waals surface area contributed by atoms with Gasteiger partial charge in [-0.1, -0.05) is 47.6 Å². The Morgan fingerprint density at radius 2 is 1.84 bits per heavy atom. The van der Waals surface area contributed by atoms with Crippen molar-refractivity contribution in [1.29, 1.82) is 0 Å². The number of benzene rings is 1. The molecule has 2 aliphatic carbocycles. The Balaban J connectivity index is 1.17. The number of hydrogen-bond donors (Lipinski definition) is 2. The maximum atomic E-state index is 12.8. The molecule has 0 radical (unpaired) electrons. The predicted octanol–water partition coefficient (Wildman–Crippen LogP) is 2.20. The molecular formula is C24H27N5O3. The van der Waals surface area contributed by atoms with Crippen LogP contribution >= 0.6 is 0 Å². The standard InChI is InChI=1S/C24H27N5O3/c1-2-25-24(27-14-18-13-19(32-28-18)15-6-4-3-5-7-15)26-10-11-29-22(30)20-16-8-9-17(12-16)21(20)23(29)31/h3-9,13,16-17,20-21H,2,10-12,14H2,1H3,(H2,25,26,27). The number of fused-ring (bicyclic) bond motifs is 5. The summed E-state index contributed by atoms with van der Waals surface area (Å²) in [5.74, 6) is 1.46. The van der Waals surface area contributed by atoms with E-state index in [4.69, 9.17) is 4.52 Å². The number of amides is 2. The van der Waals surface area contributed by atoms with Gasteiger partial charge >= 0.3 is 0 Å². The minimum Gasteiger partial charge on any atom is -0.357 e. The first-order valence-electron chi connectivity index (χ1n) is 11.2. The third kappa shape index (κ3) is 3.70. The summed E-state index contributed by atoms with van der Waals surface area (Å²) in [6.07, 6.45) is 5.17. The Kier molecular flexibility index (Phi) is 5.51. The molecule has 3 aliphatic rings. The first kappa shape index (κ1) is 20.5. The van der Waals surface area contributed by atoms with Crippen LogP contribution < -0.4 is 10.6 Å². The minimum atomic E-state index is -0.148. The second-order valence-electron chi connectivity index (χ2n) is 8.50. The molecule has 1 saturated heterocycles. The predicted molar refractivity (Wildman–Crippen MR) is 119 cm³/mol. The lowest BCUT2D eigenvalue weighted by Gasteiger charge is -2.18. The zero-order valence-electron chi connectivity index (χ0n) is 18.0. The van der Waals surface area contributed by atoms with Crippen LogP contribution in [0.25, 0.3) is 11.3 Å². The fourth-order valence-corrected chi connectivity index (χ4v) is 5.10. The molecule has 8 nitrogen and oxygen atoms in total.